The van der Waals surface area contributed by atoms with E-state index in [1.807, 2.05) is 19.1 Å². The Labute approximate surface area is 81.4 Å². The van der Waals surface area contributed by atoms with E-state index < -0.39 is 0 Å². The third-order valence-electron chi connectivity index (χ3n) is 1.97. The fourth-order valence-corrected chi connectivity index (χ4v) is 1.57. The molecule has 2 heterocycles. The van der Waals surface area contributed by atoms with Gasteiger partial charge in [0.2, 0.25) is 0 Å². The molecule has 0 saturated carbocycles. The average Bonchev–Trinajstić information content (AvgIpc) is 2.46. The van der Waals surface area contributed by atoms with Crippen LogP contribution in [0.2, 0.25) is 5.15 Å². The number of pyridine rings is 1. The molecule has 2 aromatic heterocycles. The largest absolute Gasteiger partial charge is 0.212 e. The van der Waals surface area contributed by atoms with Crippen molar-refractivity contribution in [1.29, 1.82) is 0 Å². The van der Waals surface area contributed by atoms with E-state index in [0.717, 1.165) is 17.9 Å². The lowest BCUT2D eigenvalue weighted by atomic mass is 10.2. The maximum atomic E-state index is 6.01. The van der Waals surface area contributed by atoms with Gasteiger partial charge in [-0.25, -0.2) is 9.50 Å². The number of aryl methyl sites for hydroxylation is 2. The summed E-state index contributed by atoms with van der Waals surface area (Å²) in [6.45, 7) is 3.94. The van der Waals surface area contributed by atoms with Crippen LogP contribution in [0.4, 0.5) is 0 Å². The highest BCUT2D eigenvalue weighted by Crippen LogP contribution is 2.15. The molecule has 13 heavy (non-hydrogen) atoms. The monoisotopic (exact) mass is 195 g/mol. The van der Waals surface area contributed by atoms with Crippen LogP contribution in [0.25, 0.3) is 5.65 Å². The van der Waals surface area contributed by atoms with Gasteiger partial charge < -0.3 is 0 Å². The molecule has 0 bridgehead atoms. The summed E-state index contributed by atoms with van der Waals surface area (Å²) in [5.74, 6) is 0.746. The molecule has 0 N–H and O–H groups in total. The molecule has 0 unspecified atom stereocenters. The van der Waals surface area contributed by atoms with Crippen LogP contribution in [0.3, 0.4) is 0 Å². The maximum Gasteiger partial charge on any atom is 0.157 e. The summed E-state index contributed by atoms with van der Waals surface area (Å²) in [6.07, 6.45) is 0.960. The van der Waals surface area contributed by atoms with Crippen molar-refractivity contribution in [2.24, 2.45) is 0 Å². The van der Waals surface area contributed by atoms with Gasteiger partial charge in [-0.2, -0.15) is 5.10 Å². The van der Waals surface area contributed by atoms with Crippen LogP contribution >= 0.6 is 11.6 Å². The zero-order chi connectivity index (χ0) is 9.42. The van der Waals surface area contributed by atoms with Crippen molar-refractivity contribution in [3.8, 4) is 0 Å². The smallest absolute Gasteiger partial charge is 0.157 e. The van der Waals surface area contributed by atoms with Crippen LogP contribution in [-0.2, 0) is 6.42 Å². The van der Waals surface area contributed by atoms with Crippen molar-refractivity contribution < 1.29 is 0 Å². The first-order valence-corrected chi connectivity index (χ1v) is 4.60. The maximum absolute atomic E-state index is 6.01. The van der Waals surface area contributed by atoms with Crippen LogP contribution < -0.4 is 0 Å². The van der Waals surface area contributed by atoms with Crippen molar-refractivity contribution in [1.82, 2.24) is 14.6 Å². The summed E-state index contributed by atoms with van der Waals surface area (Å²) in [5.41, 5.74) is 2.01. The third kappa shape index (κ3) is 1.40. The van der Waals surface area contributed by atoms with Crippen LogP contribution in [0.5, 0.6) is 0 Å². The third-order valence-corrected chi connectivity index (χ3v) is 2.24. The number of hydrogen-bond acceptors (Lipinski definition) is 2. The number of rotatable bonds is 1. The molecule has 4 heteroatoms. The Balaban J connectivity index is 2.75. The van der Waals surface area contributed by atoms with Crippen LogP contribution in [0.1, 0.15) is 18.3 Å². The lowest BCUT2D eigenvalue weighted by Gasteiger charge is -1.99. The van der Waals surface area contributed by atoms with Gasteiger partial charge in [0, 0.05) is 0 Å². The quantitative estimate of drug-likeness (QED) is 0.654. The van der Waals surface area contributed by atoms with Gasteiger partial charge >= 0.3 is 0 Å². The number of aromatic nitrogens is 3. The summed E-state index contributed by atoms with van der Waals surface area (Å²) >= 11 is 6.01. The SMILES string of the molecule is CCc1cc(Cl)n2nc(C)nc2c1. The Hall–Kier alpha value is -1.09. The van der Waals surface area contributed by atoms with Gasteiger partial charge in [0.05, 0.1) is 0 Å². The Morgan fingerprint density at radius 2 is 2.23 bits per heavy atom. The predicted molar refractivity (Wildman–Crippen MR) is 52.1 cm³/mol. The van der Waals surface area contributed by atoms with Gasteiger partial charge in [0.25, 0.3) is 0 Å². The van der Waals surface area contributed by atoms with E-state index >= 15 is 0 Å². The second-order valence-corrected chi connectivity index (χ2v) is 3.36. The minimum atomic E-state index is 0.620. The van der Waals surface area contributed by atoms with Gasteiger partial charge in [0.15, 0.2) is 5.65 Å². The number of fused-ring (bicyclic) bond motifs is 1. The van der Waals surface area contributed by atoms with E-state index in [1.165, 1.54) is 5.56 Å². The minimum absolute atomic E-state index is 0.620. The van der Waals surface area contributed by atoms with Crippen molar-refractivity contribution in [3.63, 3.8) is 0 Å². The highest BCUT2D eigenvalue weighted by Gasteiger charge is 2.04. The molecule has 0 aliphatic heterocycles. The first-order chi connectivity index (χ1) is 6.20. The molecule has 0 radical (unpaired) electrons. The van der Waals surface area contributed by atoms with E-state index in [2.05, 4.69) is 17.0 Å². The summed E-state index contributed by atoms with van der Waals surface area (Å²) < 4.78 is 1.65. The molecule has 0 saturated heterocycles. The highest BCUT2D eigenvalue weighted by atomic mass is 35.5. The van der Waals surface area contributed by atoms with Crippen LogP contribution in [0, 0.1) is 6.92 Å². The van der Waals surface area contributed by atoms with Gasteiger partial charge in [0.1, 0.15) is 11.0 Å². The Bertz CT molecular complexity index is 447. The van der Waals surface area contributed by atoms with Crippen LogP contribution in [-0.4, -0.2) is 14.6 Å². The number of halogens is 1. The average molecular weight is 196 g/mol. The van der Waals surface area contributed by atoms with E-state index in [0.29, 0.717) is 5.15 Å². The zero-order valence-corrected chi connectivity index (χ0v) is 8.34. The Morgan fingerprint density at radius 1 is 1.46 bits per heavy atom. The second-order valence-electron chi connectivity index (χ2n) is 2.97. The second kappa shape index (κ2) is 3.00. The topological polar surface area (TPSA) is 30.2 Å². The van der Waals surface area contributed by atoms with E-state index in [-0.39, 0.29) is 0 Å². The first-order valence-electron chi connectivity index (χ1n) is 4.22. The fraction of sp³-hybridized carbons (Fsp3) is 0.333. The molecule has 2 rings (SSSR count). The van der Waals surface area contributed by atoms with Crippen molar-refractivity contribution in [3.05, 3.63) is 28.7 Å². The standard InChI is InChI=1S/C9H10ClN3/c1-3-7-4-8(10)13-9(5-7)11-6(2)12-13/h4-5H,3H2,1-2H3. The Kier molecular flexibility index (Phi) is 1.96. The van der Waals surface area contributed by atoms with E-state index in [4.69, 9.17) is 11.6 Å². The van der Waals surface area contributed by atoms with Crippen molar-refractivity contribution in [2.45, 2.75) is 20.3 Å². The molecule has 0 fully saturated rings. The molecule has 0 atom stereocenters. The predicted octanol–water partition coefficient (Wildman–Crippen LogP) is 2.25. The van der Waals surface area contributed by atoms with Crippen molar-refractivity contribution in [2.75, 3.05) is 0 Å². The highest BCUT2D eigenvalue weighted by molar-refractivity contribution is 6.29. The summed E-state index contributed by atoms with van der Waals surface area (Å²) in [7, 11) is 0. The molecular weight excluding hydrogens is 186 g/mol. The molecule has 2 aromatic rings. The van der Waals surface area contributed by atoms with Gasteiger partial charge in [-0.05, 0) is 31.0 Å². The summed E-state index contributed by atoms with van der Waals surface area (Å²) in [5, 5.41) is 4.78. The number of hydrogen-bond donors (Lipinski definition) is 0. The summed E-state index contributed by atoms with van der Waals surface area (Å²) in [4.78, 5) is 4.25. The van der Waals surface area contributed by atoms with Gasteiger partial charge in [-0.1, -0.05) is 18.5 Å². The first kappa shape index (κ1) is 8.51. The molecule has 0 amide bonds. The molecule has 0 aromatic carbocycles. The lowest BCUT2D eigenvalue weighted by Crippen LogP contribution is -1.92. The summed E-state index contributed by atoms with van der Waals surface area (Å²) in [6, 6.07) is 3.93. The Morgan fingerprint density at radius 3 is 2.92 bits per heavy atom. The van der Waals surface area contributed by atoms with Gasteiger partial charge in [-0.3, -0.25) is 0 Å². The normalized spacial score (nSPS) is 11.0. The molecule has 0 spiro atoms. The van der Waals surface area contributed by atoms with E-state index in [1.54, 1.807) is 4.52 Å². The van der Waals surface area contributed by atoms with E-state index in [9.17, 15) is 0 Å². The van der Waals surface area contributed by atoms with Crippen LogP contribution in [0.15, 0.2) is 12.1 Å². The fourth-order valence-electron chi connectivity index (χ4n) is 1.31. The molecule has 68 valence electrons. The molecule has 3 nitrogen and oxygen atoms in total. The van der Waals surface area contributed by atoms with Gasteiger partial charge in [-0.15, -0.1) is 0 Å². The number of nitrogens with zero attached hydrogens (tertiary/aromatic N) is 3. The molecule has 0 aliphatic rings. The molecule has 0 aliphatic carbocycles. The zero-order valence-electron chi connectivity index (χ0n) is 7.58. The lowest BCUT2D eigenvalue weighted by molar-refractivity contribution is 0.925. The molecular formula is C9H10ClN3. The minimum Gasteiger partial charge on any atom is -0.212 e. The van der Waals surface area contributed by atoms with Crippen molar-refractivity contribution >= 4 is 17.2 Å².